The smallest absolute Gasteiger partial charge is 0.271 e. The van der Waals surface area contributed by atoms with Crippen LogP contribution in [0.5, 0.6) is 0 Å². The summed E-state index contributed by atoms with van der Waals surface area (Å²) in [6.07, 6.45) is 2.00. The SMILES string of the molecule is Cn1c(C(=O)N2CCCC2c2ccc(SN)cc2)cc2ccc(Cl)cc21. The quantitative estimate of drug-likeness (QED) is 0.660. The van der Waals surface area contributed by atoms with Crippen molar-refractivity contribution in [1.82, 2.24) is 9.47 Å². The summed E-state index contributed by atoms with van der Waals surface area (Å²) < 4.78 is 1.94. The molecule has 1 aliphatic rings. The van der Waals surface area contributed by atoms with E-state index in [0.29, 0.717) is 10.7 Å². The molecule has 134 valence electrons. The maximum Gasteiger partial charge on any atom is 0.271 e. The van der Waals surface area contributed by atoms with Gasteiger partial charge in [0.2, 0.25) is 0 Å². The van der Waals surface area contributed by atoms with Crippen molar-refractivity contribution in [2.24, 2.45) is 12.2 Å². The molecule has 0 radical (unpaired) electrons. The van der Waals surface area contributed by atoms with Crippen LogP contribution >= 0.6 is 23.5 Å². The van der Waals surface area contributed by atoms with Crippen molar-refractivity contribution >= 4 is 40.4 Å². The zero-order valence-corrected chi connectivity index (χ0v) is 16.1. The monoisotopic (exact) mass is 385 g/mol. The minimum absolute atomic E-state index is 0.0691. The highest BCUT2D eigenvalue weighted by atomic mass is 35.5. The molecule has 1 unspecified atom stereocenters. The third kappa shape index (κ3) is 3.00. The number of hydrogen-bond donors (Lipinski definition) is 1. The second kappa shape index (κ2) is 6.99. The molecule has 0 spiro atoms. The first-order valence-corrected chi connectivity index (χ1v) is 9.87. The first-order valence-electron chi connectivity index (χ1n) is 8.61. The molecule has 26 heavy (non-hydrogen) atoms. The van der Waals surface area contributed by atoms with E-state index in [0.717, 1.165) is 40.7 Å². The van der Waals surface area contributed by atoms with Crippen LogP contribution < -0.4 is 5.14 Å². The molecule has 1 amide bonds. The average Bonchev–Trinajstić information content (AvgIpc) is 3.27. The van der Waals surface area contributed by atoms with Gasteiger partial charge < -0.3 is 9.47 Å². The van der Waals surface area contributed by atoms with Gasteiger partial charge in [-0.15, -0.1) is 0 Å². The number of likely N-dealkylation sites (tertiary alicyclic amines) is 1. The van der Waals surface area contributed by atoms with Crippen LogP contribution in [0.15, 0.2) is 53.4 Å². The molecule has 1 atom stereocenters. The van der Waals surface area contributed by atoms with Crippen LogP contribution in [0.2, 0.25) is 5.02 Å². The fourth-order valence-corrected chi connectivity index (χ4v) is 4.24. The predicted octanol–water partition coefficient (Wildman–Crippen LogP) is 4.77. The Kier molecular flexibility index (Phi) is 4.69. The fourth-order valence-electron chi connectivity index (χ4n) is 3.78. The molecule has 0 aliphatic carbocycles. The fraction of sp³-hybridized carbons (Fsp3) is 0.250. The molecule has 0 saturated carbocycles. The Labute approximate surface area is 162 Å². The highest BCUT2D eigenvalue weighted by molar-refractivity contribution is 7.97. The summed E-state index contributed by atoms with van der Waals surface area (Å²) in [5.41, 5.74) is 2.83. The standard InChI is InChI=1S/C20H20ClN3OS/c1-23-18-12-15(21)7-4-14(18)11-19(23)20(25)24-10-2-3-17(24)13-5-8-16(26-22)9-6-13/h4-9,11-12,17H,2-3,10,22H2,1H3. The third-order valence-corrected chi connectivity index (χ3v) is 5.92. The lowest BCUT2D eigenvalue weighted by atomic mass is 10.0. The molecular weight excluding hydrogens is 366 g/mol. The van der Waals surface area contributed by atoms with Gasteiger partial charge >= 0.3 is 0 Å². The van der Waals surface area contributed by atoms with Crippen LogP contribution in [0.3, 0.4) is 0 Å². The van der Waals surface area contributed by atoms with Gasteiger partial charge in [-0.3, -0.25) is 9.93 Å². The molecule has 4 rings (SSSR count). The summed E-state index contributed by atoms with van der Waals surface area (Å²) in [6.45, 7) is 0.777. The van der Waals surface area contributed by atoms with Gasteiger partial charge in [0.15, 0.2) is 0 Å². The molecule has 2 N–H and O–H groups in total. The molecule has 2 heterocycles. The highest BCUT2D eigenvalue weighted by Crippen LogP contribution is 2.34. The summed E-state index contributed by atoms with van der Waals surface area (Å²) in [5, 5.41) is 7.31. The zero-order chi connectivity index (χ0) is 18.3. The van der Waals surface area contributed by atoms with Crippen molar-refractivity contribution in [2.75, 3.05) is 6.54 Å². The number of nitrogens with zero attached hydrogens (tertiary/aromatic N) is 2. The van der Waals surface area contributed by atoms with E-state index < -0.39 is 0 Å². The normalized spacial score (nSPS) is 17.2. The largest absolute Gasteiger partial charge is 0.340 e. The van der Waals surface area contributed by atoms with Crippen molar-refractivity contribution in [2.45, 2.75) is 23.8 Å². The lowest BCUT2D eigenvalue weighted by molar-refractivity contribution is 0.0726. The molecule has 1 aromatic heterocycles. The molecule has 2 aromatic carbocycles. The van der Waals surface area contributed by atoms with E-state index in [1.54, 1.807) is 0 Å². The lowest BCUT2D eigenvalue weighted by Crippen LogP contribution is -2.31. The van der Waals surface area contributed by atoms with E-state index in [1.807, 2.05) is 52.9 Å². The maximum absolute atomic E-state index is 13.3. The number of aryl methyl sites for hydroxylation is 1. The summed E-state index contributed by atoms with van der Waals surface area (Å²) in [6, 6.07) is 16.0. The summed E-state index contributed by atoms with van der Waals surface area (Å²) >= 11 is 7.35. The van der Waals surface area contributed by atoms with Crippen molar-refractivity contribution in [1.29, 1.82) is 0 Å². The average molecular weight is 386 g/mol. The number of carbonyl (C=O) groups is 1. The van der Waals surface area contributed by atoms with Crippen LogP contribution in [-0.2, 0) is 7.05 Å². The number of nitrogens with two attached hydrogens (primary N) is 1. The number of halogens is 1. The van der Waals surface area contributed by atoms with Crippen molar-refractivity contribution < 1.29 is 4.79 Å². The Morgan fingerprint density at radius 1 is 1.19 bits per heavy atom. The second-order valence-corrected chi connectivity index (χ2v) is 7.78. The van der Waals surface area contributed by atoms with Crippen molar-refractivity contribution in [3.8, 4) is 0 Å². The van der Waals surface area contributed by atoms with Crippen molar-refractivity contribution in [3.63, 3.8) is 0 Å². The number of carbonyl (C=O) groups excluding carboxylic acids is 1. The van der Waals surface area contributed by atoms with E-state index in [9.17, 15) is 4.79 Å². The molecule has 4 nitrogen and oxygen atoms in total. The van der Waals surface area contributed by atoms with Crippen LogP contribution in [0, 0.1) is 0 Å². The van der Waals surface area contributed by atoms with Gasteiger partial charge in [-0.05, 0) is 60.7 Å². The molecule has 0 bridgehead atoms. The molecule has 3 aromatic rings. The van der Waals surface area contributed by atoms with Gasteiger partial charge in [0, 0.05) is 34.4 Å². The Balaban J connectivity index is 1.67. The Morgan fingerprint density at radius 2 is 1.96 bits per heavy atom. The number of rotatable bonds is 3. The van der Waals surface area contributed by atoms with Gasteiger partial charge in [0.05, 0.1) is 6.04 Å². The topological polar surface area (TPSA) is 51.3 Å². The predicted molar refractivity (Wildman–Crippen MR) is 107 cm³/mol. The van der Waals surface area contributed by atoms with Crippen LogP contribution in [0.4, 0.5) is 0 Å². The minimum Gasteiger partial charge on any atom is -0.340 e. The minimum atomic E-state index is 0.0691. The summed E-state index contributed by atoms with van der Waals surface area (Å²) in [4.78, 5) is 16.3. The van der Waals surface area contributed by atoms with Gasteiger partial charge in [-0.2, -0.15) is 0 Å². The molecular formula is C20H20ClN3OS. The highest BCUT2D eigenvalue weighted by Gasteiger charge is 2.32. The molecule has 1 saturated heterocycles. The zero-order valence-electron chi connectivity index (χ0n) is 14.5. The van der Waals surface area contributed by atoms with Crippen molar-refractivity contribution in [3.05, 3.63) is 64.8 Å². The molecule has 6 heteroatoms. The van der Waals surface area contributed by atoms with E-state index in [4.69, 9.17) is 16.7 Å². The van der Waals surface area contributed by atoms with Crippen LogP contribution in [0.1, 0.15) is 34.9 Å². The van der Waals surface area contributed by atoms with Gasteiger partial charge in [0.1, 0.15) is 5.69 Å². The first kappa shape index (κ1) is 17.5. The first-order chi connectivity index (χ1) is 12.6. The molecule has 1 fully saturated rings. The van der Waals surface area contributed by atoms with E-state index >= 15 is 0 Å². The number of fused-ring (bicyclic) bond motifs is 1. The van der Waals surface area contributed by atoms with Crippen LogP contribution in [0.25, 0.3) is 10.9 Å². The Bertz CT molecular complexity index is 967. The van der Waals surface area contributed by atoms with Gasteiger partial charge in [-0.25, -0.2) is 0 Å². The lowest BCUT2D eigenvalue weighted by Gasteiger charge is -2.25. The Morgan fingerprint density at radius 3 is 2.69 bits per heavy atom. The van der Waals surface area contributed by atoms with Crippen LogP contribution in [-0.4, -0.2) is 21.9 Å². The van der Waals surface area contributed by atoms with E-state index in [1.165, 1.54) is 11.9 Å². The second-order valence-electron chi connectivity index (χ2n) is 6.64. The number of hydrogen-bond acceptors (Lipinski definition) is 3. The van der Waals surface area contributed by atoms with Gasteiger partial charge in [-0.1, -0.05) is 29.8 Å². The maximum atomic E-state index is 13.3. The summed E-state index contributed by atoms with van der Waals surface area (Å²) in [7, 11) is 1.92. The Hall–Kier alpha value is -1.95. The third-order valence-electron chi connectivity index (χ3n) is 5.14. The summed E-state index contributed by atoms with van der Waals surface area (Å²) in [5.74, 6) is 0.0691. The van der Waals surface area contributed by atoms with Gasteiger partial charge in [0.25, 0.3) is 5.91 Å². The number of amides is 1. The number of aromatic nitrogens is 1. The number of benzene rings is 2. The molecule has 1 aliphatic heterocycles. The van der Waals surface area contributed by atoms with E-state index in [-0.39, 0.29) is 11.9 Å². The van der Waals surface area contributed by atoms with E-state index in [2.05, 4.69) is 12.1 Å².